The molecule has 0 fully saturated rings. The van der Waals surface area contributed by atoms with Crippen LogP contribution in [0.2, 0.25) is 0 Å². The molecular formula is C9H22N2O2S. The van der Waals surface area contributed by atoms with Crippen molar-refractivity contribution in [3.05, 3.63) is 0 Å². The molecular weight excluding hydrogens is 200 g/mol. The lowest BCUT2D eigenvalue weighted by molar-refractivity contribution is 0.401. The van der Waals surface area contributed by atoms with Crippen LogP contribution in [0.5, 0.6) is 0 Å². The second-order valence-electron chi connectivity index (χ2n) is 5.74. The van der Waals surface area contributed by atoms with Gasteiger partial charge in [-0.2, -0.15) is 13.1 Å². The molecule has 2 N–H and O–H groups in total. The zero-order chi connectivity index (χ0) is 11.6. The molecule has 0 aromatic rings. The summed E-state index contributed by atoms with van der Waals surface area (Å²) in [4.78, 5) is 0. The Morgan fingerprint density at radius 2 is 1.43 bits per heavy atom. The van der Waals surface area contributed by atoms with Gasteiger partial charge in [-0.15, -0.1) is 0 Å². The van der Waals surface area contributed by atoms with Crippen LogP contribution in [-0.4, -0.2) is 20.5 Å². The molecule has 4 nitrogen and oxygen atoms in total. The van der Waals surface area contributed by atoms with Gasteiger partial charge in [0.2, 0.25) is 0 Å². The Morgan fingerprint density at radius 1 is 1.00 bits per heavy atom. The summed E-state index contributed by atoms with van der Waals surface area (Å²) < 4.78 is 28.0. The Bertz CT molecular complexity index is 270. The first-order valence-corrected chi connectivity index (χ1v) is 6.18. The van der Waals surface area contributed by atoms with Gasteiger partial charge in [-0.1, -0.05) is 20.8 Å². The molecule has 0 aliphatic rings. The summed E-state index contributed by atoms with van der Waals surface area (Å²) >= 11 is 0. The van der Waals surface area contributed by atoms with Crippen LogP contribution in [0, 0.1) is 5.41 Å². The fourth-order valence-electron chi connectivity index (χ4n) is 0.751. The summed E-state index contributed by atoms with van der Waals surface area (Å²) in [6, 6.07) is 0. The highest BCUT2D eigenvalue weighted by Crippen LogP contribution is 2.11. The number of hydrogen-bond acceptors (Lipinski definition) is 2. The topological polar surface area (TPSA) is 58.2 Å². The van der Waals surface area contributed by atoms with Crippen molar-refractivity contribution in [1.82, 2.24) is 9.44 Å². The molecule has 0 unspecified atom stereocenters. The summed E-state index contributed by atoms with van der Waals surface area (Å²) in [5.74, 6) is 0. The quantitative estimate of drug-likeness (QED) is 0.755. The standard InChI is InChI=1S/C9H22N2O2S/c1-8(2,3)7-10-14(12,13)11-9(4,5)6/h10-11H,7H2,1-6H3. The zero-order valence-electron chi connectivity index (χ0n) is 9.93. The Morgan fingerprint density at radius 3 is 1.71 bits per heavy atom. The van der Waals surface area contributed by atoms with Gasteiger partial charge in [-0.3, -0.25) is 0 Å². The van der Waals surface area contributed by atoms with Crippen LogP contribution in [0.1, 0.15) is 41.5 Å². The molecule has 0 atom stereocenters. The van der Waals surface area contributed by atoms with Crippen LogP contribution in [0.25, 0.3) is 0 Å². The molecule has 0 saturated heterocycles. The maximum absolute atomic E-state index is 11.5. The highest BCUT2D eigenvalue weighted by Gasteiger charge is 2.21. The van der Waals surface area contributed by atoms with Gasteiger partial charge in [-0.25, -0.2) is 4.72 Å². The van der Waals surface area contributed by atoms with Gasteiger partial charge in [0.1, 0.15) is 0 Å². The monoisotopic (exact) mass is 222 g/mol. The van der Waals surface area contributed by atoms with Gasteiger partial charge >= 0.3 is 0 Å². The van der Waals surface area contributed by atoms with Crippen LogP contribution in [0.4, 0.5) is 0 Å². The van der Waals surface area contributed by atoms with Crippen molar-refractivity contribution in [3.63, 3.8) is 0 Å². The minimum Gasteiger partial charge on any atom is -0.202 e. The maximum Gasteiger partial charge on any atom is 0.277 e. The third-order valence-corrected chi connectivity index (χ3v) is 2.64. The van der Waals surface area contributed by atoms with Crippen molar-refractivity contribution in [2.75, 3.05) is 6.54 Å². The van der Waals surface area contributed by atoms with E-state index >= 15 is 0 Å². The molecule has 0 radical (unpaired) electrons. The highest BCUT2D eigenvalue weighted by molar-refractivity contribution is 7.87. The third kappa shape index (κ3) is 8.47. The molecule has 0 spiro atoms. The van der Waals surface area contributed by atoms with Gasteiger partial charge in [0.25, 0.3) is 10.2 Å². The smallest absolute Gasteiger partial charge is 0.202 e. The molecule has 0 heterocycles. The van der Waals surface area contributed by atoms with Crippen molar-refractivity contribution < 1.29 is 8.42 Å². The maximum atomic E-state index is 11.5. The molecule has 86 valence electrons. The van der Waals surface area contributed by atoms with Crippen LogP contribution < -0.4 is 9.44 Å². The number of hydrogen-bond donors (Lipinski definition) is 2. The van der Waals surface area contributed by atoms with E-state index in [-0.39, 0.29) is 5.41 Å². The lowest BCUT2D eigenvalue weighted by Gasteiger charge is -2.23. The van der Waals surface area contributed by atoms with Gasteiger partial charge in [0.15, 0.2) is 0 Å². The van der Waals surface area contributed by atoms with E-state index in [1.54, 1.807) is 0 Å². The van der Waals surface area contributed by atoms with E-state index in [4.69, 9.17) is 0 Å². The van der Waals surface area contributed by atoms with Crippen molar-refractivity contribution in [3.8, 4) is 0 Å². The van der Waals surface area contributed by atoms with Crippen molar-refractivity contribution in [2.24, 2.45) is 5.41 Å². The number of rotatable bonds is 3. The van der Waals surface area contributed by atoms with Crippen LogP contribution in [0.3, 0.4) is 0 Å². The van der Waals surface area contributed by atoms with E-state index in [0.29, 0.717) is 6.54 Å². The van der Waals surface area contributed by atoms with E-state index < -0.39 is 15.7 Å². The minimum atomic E-state index is -3.37. The predicted octanol–water partition coefficient (Wildman–Crippen LogP) is 1.25. The summed E-state index contributed by atoms with van der Waals surface area (Å²) in [5, 5.41) is 0. The van der Waals surface area contributed by atoms with Crippen LogP contribution >= 0.6 is 0 Å². The summed E-state index contributed by atoms with van der Waals surface area (Å²) in [5.41, 5.74) is -0.490. The van der Waals surface area contributed by atoms with Crippen molar-refractivity contribution in [1.29, 1.82) is 0 Å². The van der Waals surface area contributed by atoms with E-state index in [1.165, 1.54) is 0 Å². The molecule has 0 bridgehead atoms. The van der Waals surface area contributed by atoms with Gasteiger partial charge in [0.05, 0.1) is 0 Å². The lowest BCUT2D eigenvalue weighted by atomic mass is 9.98. The number of nitrogens with one attached hydrogen (secondary N) is 2. The minimum absolute atomic E-state index is 0.0490. The largest absolute Gasteiger partial charge is 0.277 e. The Kier molecular flexibility index (Phi) is 4.12. The van der Waals surface area contributed by atoms with Crippen molar-refractivity contribution >= 4 is 10.2 Å². The predicted molar refractivity (Wildman–Crippen MR) is 59.3 cm³/mol. The molecule has 0 aliphatic heterocycles. The fraction of sp³-hybridized carbons (Fsp3) is 1.00. The summed E-state index contributed by atoms with van der Waals surface area (Å²) in [7, 11) is -3.37. The second-order valence-corrected chi connectivity index (χ2v) is 7.24. The SMILES string of the molecule is CC(C)(C)CNS(=O)(=O)NC(C)(C)C. The molecule has 0 amide bonds. The Labute approximate surface area is 87.7 Å². The van der Waals surface area contributed by atoms with E-state index in [1.807, 2.05) is 41.5 Å². The van der Waals surface area contributed by atoms with E-state index in [0.717, 1.165) is 0 Å². The Balaban J connectivity index is 4.25. The molecule has 0 aliphatic carbocycles. The van der Waals surface area contributed by atoms with Crippen LogP contribution in [-0.2, 0) is 10.2 Å². The first-order chi connectivity index (χ1) is 5.91. The molecule has 0 saturated carbocycles. The molecule has 14 heavy (non-hydrogen) atoms. The average molecular weight is 222 g/mol. The molecule has 5 heteroatoms. The van der Waals surface area contributed by atoms with Gasteiger partial charge < -0.3 is 0 Å². The molecule has 0 aromatic carbocycles. The summed E-state index contributed by atoms with van der Waals surface area (Å²) in [6.45, 7) is 11.8. The second kappa shape index (κ2) is 4.16. The van der Waals surface area contributed by atoms with E-state index in [9.17, 15) is 8.42 Å². The highest BCUT2D eigenvalue weighted by atomic mass is 32.2. The fourth-order valence-corrected chi connectivity index (χ4v) is 2.25. The first kappa shape index (κ1) is 13.9. The third-order valence-electron chi connectivity index (χ3n) is 1.23. The Hall–Kier alpha value is -0.130. The lowest BCUT2D eigenvalue weighted by Crippen LogP contribution is -2.48. The molecule has 0 aromatic heterocycles. The summed E-state index contributed by atoms with van der Waals surface area (Å²) in [6.07, 6.45) is 0. The molecule has 0 rings (SSSR count). The van der Waals surface area contributed by atoms with E-state index in [2.05, 4.69) is 9.44 Å². The van der Waals surface area contributed by atoms with Crippen molar-refractivity contribution in [2.45, 2.75) is 47.1 Å². The van der Waals surface area contributed by atoms with Gasteiger partial charge in [-0.05, 0) is 26.2 Å². The van der Waals surface area contributed by atoms with Crippen LogP contribution in [0.15, 0.2) is 0 Å². The average Bonchev–Trinajstić information content (AvgIpc) is 1.76. The van der Waals surface area contributed by atoms with Gasteiger partial charge in [0, 0.05) is 12.1 Å². The first-order valence-electron chi connectivity index (χ1n) is 4.70. The zero-order valence-corrected chi connectivity index (χ0v) is 10.7. The normalized spacial score (nSPS) is 14.4.